The van der Waals surface area contributed by atoms with Crippen LogP contribution in [-0.4, -0.2) is 12.9 Å². The molecule has 0 aromatic heterocycles. The first-order valence-electron chi connectivity index (χ1n) is 6.77. The Morgan fingerprint density at radius 1 is 1.32 bits per heavy atom. The van der Waals surface area contributed by atoms with Crippen molar-refractivity contribution >= 4 is 11.9 Å². The first-order chi connectivity index (χ1) is 9.22. The number of carbonyl (C=O) groups is 1. The average Bonchev–Trinajstić information content (AvgIpc) is 2.44. The number of carbonyl (C=O) groups excluding carboxylic acids is 1. The van der Waals surface area contributed by atoms with Crippen LogP contribution < -0.4 is 4.74 Å². The summed E-state index contributed by atoms with van der Waals surface area (Å²) in [6.07, 6.45) is 8.92. The zero-order valence-electron chi connectivity index (χ0n) is 11.6. The summed E-state index contributed by atoms with van der Waals surface area (Å²) >= 11 is 0. The molecule has 1 fully saturated rings. The number of hydrogen-bond acceptors (Lipinski definition) is 2. The first kappa shape index (κ1) is 13.6. The summed E-state index contributed by atoms with van der Waals surface area (Å²) in [4.78, 5) is 12.0. The van der Waals surface area contributed by atoms with E-state index in [2.05, 4.69) is 0 Å². The van der Waals surface area contributed by atoms with E-state index in [0.29, 0.717) is 5.78 Å². The van der Waals surface area contributed by atoms with Crippen LogP contribution in [0.15, 0.2) is 42.0 Å². The van der Waals surface area contributed by atoms with Gasteiger partial charge in [-0.2, -0.15) is 0 Å². The molecule has 1 aliphatic rings. The van der Waals surface area contributed by atoms with Crippen molar-refractivity contribution in [1.82, 2.24) is 0 Å². The second kappa shape index (κ2) is 6.37. The summed E-state index contributed by atoms with van der Waals surface area (Å²) in [6.45, 7) is 2.01. The second-order valence-corrected chi connectivity index (χ2v) is 4.95. The number of para-hydroxylation sites is 1. The van der Waals surface area contributed by atoms with E-state index in [1.807, 2.05) is 49.4 Å². The molecule has 0 spiro atoms. The van der Waals surface area contributed by atoms with Gasteiger partial charge in [-0.1, -0.05) is 43.4 Å². The van der Waals surface area contributed by atoms with Gasteiger partial charge in [0.05, 0.1) is 7.11 Å². The first-order valence-corrected chi connectivity index (χ1v) is 6.77. The number of methoxy groups -OCH3 is 1. The number of Topliss-reactive ketones (excluding diaryl/α,β-unsaturated/α-hetero) is 1. The van der Waals surface area contributed by atoms with Crippen LogP contribution in [0.4, 0.5) is 0 Å². The van der Waals surface area contributed by atoms with Crippen LogP contribution in [0, 0.1) is 5.92 Å². The van der Waals surface area contributed by atoms with E-state index in [1.54, 1.807) is 7.11 Å². The summed E-state index contributed by atoms with van der Waals surface area (Å²) in [5, 5.41) is 0. The lowest BCUT2D eigenvalue weighted by Crippen LogP contribution is -2.18. The van der Waals surface area contributed by atoms with Gasteiger partial charge in [-0.3, -0.25) is 4.79 Å². The Kier molecular flexibility index (Phi) is 4.56. The Balaban J connectivity index is 2.12. The molecule has 0 amide bonds. The highest BCUT2D eigenvalue weighted by Crippen LogP contribution is 2.25. The van der Waals surface area contributed by atoms with Gasteiger partial charge in [-0.05, 0) is 30.9 Å². The topological polar surface area (TPSA) is 26.3 Å². The Hall–Kier alpha value is -1.83. The average molecular weight is 256 g/mol. The molecule has 0 N–H and O–H groups in total. The van der Waals surface area contributed by atoms with E-state index in [0.717, 1.165) is 36.1 Å². The quantitative estimate of drug-likeness (QED) is 0.763. The van der Waals surface area contributed by atoms with Gasteiger partial charge in [0.1, 0.15) is 5.75 Å². The Morgan fingerprint density at radius 3 is 2.89 bits per heavy atom. The highest BCUT2D eigenvalue weighted by Gasteiger charge is 2.21. The van der Waals surface area contributed by atoms with Crippen molar-refractivity contribution < 1.29 is 9.53 Å². The van der Waals surface area contributed by atoms with Crippen LogP contribution in [0.3, 0.4) is 0 Å². The minimum absolute atomic E-state index is 0.180. The number of hydrogen-bond donors (Lipinski definition) is 0. The molecule has 1 aromatic carbocycles. The van der Waals surface area contributed by atoms with E-state index in [-0.39, 0.29) is 5.92 Å². The summed E-state index contributed by atoms with van der Waals surface area (Å²) in [6, 6.07) is 7.85. The van der Waals surface area contributed by atoms with Gasteiger partial charge in [0.2, 0.25) is 0 Å². The van der Waals surface area contributed by atoms with Crippen molar-refractivity contribution in [3.8, 4) is 5.75 Å². The van der Waals surface area contributed by atoms with E-state index in [4.69, 9.17) is 4.74 Å². The zero-order chi connectivity index (χ0) is 13.7. The summed E-state index contributed by atoms with van der Waals surface area (Å²) < 4.78 is 5.29. The predicted molar refractivity (Wildman–Crippen MR) is 78.1 cm³/mol. The van der Waals surface area contributed by atoms with Crippen LogP contribution in [0.25, 0.3) is 6.08 Å². The minimum Gasteiger partial charge on any atom is -0.496 e. The predicted octanol–water partition coefficient (Wildman–Crippen LogP) is 4.02. The highest BCUT2D eigenvalue weighted by atomic mass is 16.5. The molecule has 1 aromatic rings. The van der Waals surface area contributed by atoms with Gasteiger partial charge >= 0.3 is 0 Å². The zero-order valence-corrected chi connectivity index (χ0v) is 11.6. The molecule has 2 rings (SSSR count). The van der Waals surface area contributed by atoms with Crippen LogP contribution >= 0.6 is 0 Å². The molecular formula is C17H20O2. The van der Waals surface area contributed by atoms with Gasteiger partial charge in [-0.25, -0.2) is 0 Å². The van der Waals surface area contributed by atoms with Crippen LogP contribution in [0.1, 0.15) is 31.7 Å². The molecule has 1 saturated carbocycles. The molecule has 1 atom stereocenters. The van der Waals surface area contributed by atoms with Crippen LogP contribution in [0.5, 0.6) is 5.75 Å². The van der Waals surface area contributed by atoms with Crippen molar-refractivity contribution in [2.24, 2.45) is 5.92 Å². The maximum Gasteiger partial charge on any atom is 0.161 e. The van der Waals surface area contributed by atoms with Gasteiger partial charge in [0, 0.05) is 11.5 Å². The van der Waals surface area contributed by atoms with Gasteiger partial charge in [0.25, 0.3) is 0 Å². The second-order valence-electron chi connectivity index (χ2n) is 4.95. The van der Waals surface area contributed by atoms with Crippen LogP contribution in [0.2, 0.25) is 0 Å². The monoisotopic (exact) mass is 256 g/mol. The molecule has 0 saturated heterocycles. The smallest absolute Gasteiger partial charge is 0.161 e. The number of ketones is 1. The number of benzene rings is 1. The van der Waals surface area contributed by atoms with Crippen molar-refractivity contribution in [1.29, 1.82) is 0 Å². The number of allylic oxidation sites excluding steroid dienone is 3. The summed E-state index contributed by atoms with van der Waals surface area (Å²) in [5.41, 5.74) is 1.98. The van der Waals surface area contributed by atoms with E-state index < -0.39 is 0 Å². The van der Waals surface area contributed by atoms with Gasteiger partial charge < -0.3 is 4.74 Å². The molecule has 1 aliphatic carbocycles. The lowest BCUT2D eigenvalue weighted by molar-refractivity contribution is -0.119. The molecule has 0 heterocycles. The van der Waals surface area contributed by atoms with E-state index in [9.17, 15) is 4.79 Å². The fourth-order valence-electron chi connectivity index (χ4n) is 2.41. The largest absolute Gasteiger partial charge is 0.496 e. The van der Waals surface area contributed by atoms with Crippen molar-refractivity contribution in [3.63, 3.8) is 0 Å². The molecule has 2 heteroatoms. The Morgan fingerprint density at radius 2 is 2.11 bits per heavy atom. The van der Waals surface area contributed by atoms with Crippen LogP contribution in [-0.2, 0) is 4.79 Å². The number of rotatable bonds is 3. The Labute approximate surface area is 114 Å². The van der Waals surface area contributed by atoms with E-state index >= 15 is 0 Å². The highest BCUT2D eigenvalue weighted by molar-refractivity contribution is 5.98. The maximum absolute atomic E-state index is 12.0. The third-order valence-electron chi connectivity index (χ3n) is 3.56. The standard InChI is InChI=1S/C17H20O2/c1-13-7-5-10-15(17(13)18)11-6-9-14-8-3-4-12-16(14)19-2/h3-4,6,8-9,11-13H,5,7,10H2,1-2H3/b9-6+,15-11+/t13-/m1/s1. The molecule has 0 bridgehead atoms. The summed E-state index contributed by atoms with van der Waals surface area (Å²) in [7, 11) is 1.66. The summed E-state index contributed by atoms with van der Waals surface area (Å²) in [5.74, 6) is 1.33. The van der Waals surface area contributed by atoms with Crippen molar-refractivity contribution in [2.45, 2.75) is 26.2 Å². The number of ether oxygens (including phenoxy) is 1. The molecular weight excluding hydrogens is 236 g/mol. The molecule has 100 valence electrons. The fraction of sp³-hybridized carbons (Fsp3) is 0.353. The van der Waals surface area contributed by atoms with Crippen molar-refractivity contribution in [3.05, 3.63) is 47.6 Å². The molecule has 0 radical (unpaired) electrons. The van der Waals surface area contributed by atoms with Crippen molar-refractivity contribution in [2.75, 3.05) is 7.11 Å². The molecule has 19 heavy (non-hydrogen) atoms. The minimum atomic E-state index is 0.180. The molecule has 2 nitrogen and oxygen atoms in total. The lowest BCUT2D eigenvalue weighted by atomic mass is 9.85. The third kappa shape index (κ3) is 3.34. The third-order valence-corrected chi connectivity index (χ3v) is 3.56. The Bertz CT molecular complexity index is 512. The maximum atomic E-state index is 12.0. The normalized spacial score (nSPS) is 22.1. The van der Waals surface area contributed by atoms with Gasteiger partial charge in [0.15, 0.2) is 5.78 Å². The molecule has 0 aliphatic heterocycles. The fourth-order valence-corrected chi connectivity index (χ4v) is 2.41. The van der Waals surface area contributed by atoms with E-state index in [1.165, 1.54) is 0 Å². The molecule has 0 unspecified atom stereocenters. The SMILES string of the molecule is COc1ccccc1/C=C/C=C1\CCC[C@@H](C)C1=O. The lowest BCUT2D eigenvalue weighted by Gasteiger charge is -2.18. The van der Waals surface area contributed by atoms with Gasteiger partial charge in [-0.15, -0.1) is 0 Å².